The van der Waals surface area contributed by atoms with Crippen molar-refractivity contribution >= 4 is 40.2 Å². The lowest BCUT2D eigenvalue weighted by Gasteiger charge is -2.24. The third kappa shape index (κ3) is 4.52. The van der Waals surface area contributed by atoms with Crippen molar-refractivity contribution in [2.45, 2.75) is 26.8 Å². The van der Waals surface area contributed by atoms with Crippen molar-refractivity contribution in [3.63, 3.8) is 0 Å². The molecule has 0 aliphatic heterocycles. The monoisotopic (exact) mass is 357 g/mol. The minimum absolute atomic E-state index is 0.120. The molecule has 120 valence electrons. The maximum absolute atomic E-state index is 12.1. The predicted molar refractivity (Wildman–Crippen MR) is 95.2 cm³/mol. The van der Waals surface area contributed by atoms with Gasteiger partial charge >= 0.3 is 0 Å². The Kier molecular flexibility index (Phi) is 6.37. The number of thiazole rings is 1. The van der Waals surface area contributed by atoms with Gasteiger partial charge < -0.3 is 5.32 Å². The molecule has 0 bridgehead atoms. The quantitative estimate of drug-likeness (QED) is 0.815. The van der Waals surface area contributed by atoms with E-state index in [0.29, 0.717) is 18.3 Å². The molecule has 22 heavy (non-hydrogen) atoms. The van der Waals surface area contributed by atoms with Crippen LogP contribution in [-0.4, -0.2) is 41.5 Å². The highest BCUT2D eigenvalue weighted by atomic mass is 35.5. The van der Waals surface area contributed by atoms with Gasteiger partial charge in [-0.25, -0.2) is 4.98 Å². The minimum atomic E-state index is -0.120. The van der Waals surface area contributed by atoms with E-state index < -0.39 is 0 Å². The van der Waals surface area contributed by atoms with Crippen molar-refractivity contribution in [2.24, 2.45) is 0 Å². The van der Waals surface area contributed by atoms with Crippen LogP contribution in [0.1, 0.15) is 31.3 Å². The molecule has 7 heteroatoms. The van der Waals surface area contributed by atoms with Crippen molar-refractivity contribution in [1.29, 1.82) is 0 Å². The smallest absolute Gasteiger partial charge is 0.270 e. The van der Waals surface area contributed by atoms with Crippen LogP contribution in [0.5, 0.6) is 0 Å². The fourth-order valence-electron chi connectivity index (χ4n) is 2.11. The summed E-state index contributed by atoms with van der Waals surface area (Å²) in [5, 5.41) is 5.55. The van der Waals surface area contributed by atoms with Crippen molar-refractivity contribution in [1.82, 2.24) is 15.2 Å². The molecule has 1 N–H and O–H groups in total. The third-order valence-corrected chi connectivity index (χ3v) is 5.58. The molecule has 0 spiro atoms. The number of nitrogens with one attached hydrogen (secondary N) is 1. The van der Waals surface area contributed by atoms with Crippen molar-refractivity contribution < 1.29 is 4.79 Å². The number of rotatable bonds is 7. The van der Waals surface area contributed by atoms with Crippen LogP contribution < -0.4 is 5.32 Å². The highest BCUT2D eigenvalue weighted by Gasteiger charge is 2.13. The number of hydrogen-bond donors (Lipinski definition) is 1. The summed E-state index contributed by atoms with van der Waals surface area (Å²) in [4.78, 5) is 19.8. The molecule has 0 fully saturated rings. The molecule has 0 aliphatic carbocycles. The molecule has 2 rings (SSSR count). The van der Waals surface area contributed by atoms with Crippen LogP contribution in [0, 0.1) is 0 Å². The van der Waals surface area contributed by atoms with E-state index in [1.54, 1.807) is 5.38 Å². The van der Waals surface area contributed by atoms with Gasteiger partial charge in [-0.3, -0.25) is 9.69 Å². The maximum atomic E-state index is 12.1. The van der Waals surface area contributed by atoms with Gasteiger partial charge in [0.05, 0.1) is 9.21 Å². The number of amides is 1. The molecule has 0 saturated carbocycles. The molecular weight excluding hydrogens is 338 g/mol. The standard InChI is InChI=1S/C15H20ClN3OS2/c1-4-19(10(2)3)8-7-17-14(20)11-9-21-15(18-11)12-5-6-13(16)22-12/h5-6,9-10H,4,7-8H2,1-3H3,(H,17,20). The third-order valence-electron chi connectivity index (χ3n) is 3.34. The van der Waals surface area contributed by atoms with E-state index in [4.69, 9.17) is 11.6 Å². The van der Waals surface area contributed by atoms with Crippen LogP contribution in [0.15, 0.2) is 17.5 Å². The van der Waals surface area contributed by atoms with Gasteiger partial charge in [0, 0.05) is 24.5 Å². The summed E-state index contributed by atoms with van der Waals surface area (Å²) in [5.41, 5.74) is 0.470. The number of thiophene rings is 1. The summed E-state index contributed by atoms with van der Waals surface area (Å²) >= 11 is 8.86. The Labute approximate surface area is 144 Å². The lowest BCUT2D eigenvalue weighted by atomic mass is 10.3. The second-order valence-corrected chi connectivity index (χ2v) is 7.69. The summed E-state index contributed by atoms with van der Waals surface area (Å²) in [6, 6.07) is 4.25. The van der Waals surface area contributed by atoms with E-state index in [2.05, 4.69) is 36.0 Å². The van der Waals surface area contributed by atoms with Gasteiger partial charge in [0.25, 0.3) is 5.91 Å². The summed E-state index contributed by atoms with van der Waals surface area (Å²) in [7, 11) is 0. The van der Waals surface area contributed by atoms with Gasteiger partial charge in [-0.2, -0.15) is 0 Å². The summed E-state index contributed by atoms with van der Waals surface area (Å²) in [5.74, 6) is -0.120. The van der Waals surface area contributed by atoms with Gasteiger partial charge in [0.2, 0.25) is 0 Å². The first-order valence-corrected chi connectivity index (χ1v) is 9.32. The van der Waals surface area contributed by atoms with Gasteiger partial charge in [-0.05, 0) is 32.5 Å². The average molecular weight is 358 g/mol. The Bertz CT molecular complexity index is 624. The van der Waals surface area contributed by atoms with Crippen LogP contribution in [0.3, 0.4) is 0 Å². The number of carbonyl (C=O) groups excluding carboxylic acids is 1. The highest BCUT2D eigenvalue weighted by Crippen LogP contribution is 2.32. The highest BCUT2D eigenvalue weighted by molar-refractivity contribution is 7.23. The number of halogens is 1. The number of likely N-dealkylation sites (N-methyl/N-ethyl adjacent to an activating group) is 1. The molecule has 0 saturated heterocycles. The molecular formula is C15H20ClN3OS2. The Morgan fingerprint density at radius 3 is 2.82 bits per heavy atom. The largest absolute Gasteiger partial charge is 0.349 e. The minimum Gasteiger partial charge on any atom is -0.349 e. The Morgan fingerprint density at radius 1 is 1.45 bits per heavy atom. The van der Waals surface area contributed by atoms with Crippen molar-refractivity contribution in [3.8, 4) is 9.88 Å². The SMILES string of the molecule is CCN(CCNC(=O)c1csc(-c2ccc(Cl)s2)n1)C(C)C. The maximum Gasteiger partial charge on any atom is 0.270 e. The first-order chi connectivity index (χ1) is 10.5. The second kappa shape index (κ2) is 8.06. The number of carbonyl (C=O) groups is 1. The fourth-order valence-corrected chi connectivity index (χ4v) is 4.02. The molecule has 0 aromatic carbocycles. The topological polar surface area (TPSA) is 45.2 Å². The van der Waals surface area contributed by atoms with Crippen LogP contribution in [0.2, 0.25) is 4.34 Å². The van der Waals surface area contributed by atoms with Crippen molar-refractivity contribution in [2.75, 3.05) is 19.6 Å². The van der Waals surface area contributed by atoms with Crippen LogP contribution in [0.4, 0.5) is 0 Å². The van der Waals surface area contributed by atoms with Crippen molar-refractivity contribution in [3.05, 3.63) is 27.5 Å². The lowest BCUT2D eigenvalue weighted by Crippen LogP contribution is -2.38. The van der Waals surface area contributed by atoms with E-state index in [1.807, 2.05) is 12.1 Å². The van der Waals surface area contributed by atoms with Gasteiger partial charge in [0.1, 0.15) is 10.7 Å². The van der Waals surface area contributed by atoms with E-state index in [1.165, 1.54) is 22.7 Å². The zero-order valence-corrected chi connectivity index (χ0v) is 15.3. The molecule has 4 nitrogen and oxygen atoms in total. The summed E-state index contributed by atoms with van der Waals surface area (Å²) < 4.78 is 0.726. The lowest BCUT2D eigenvalue weighted by molar-refractivity contribution is 0.0941. The molecule has 0 atom stereocenters. The molecule has 0 aliphatic rings. The second-order valence-electron chi connectivity index (χ2n) is 5.12. The first-order valence-electron chi connectivity index (χ1n) is 7.24. The molecule has 2 aromatic heterocycles. The van der Waals surface area contributed by atoms with Crippen LogP contribution >= 0.6 is 34.3 Å². The Hall–Kier alpha value is -0.950. The van der Waals surface area contributed by atoms with Crippen LogP contribution in [-0.2, 0) is 0 Å². The zero-order valence-electron chi connectivity index (χ0n) is 12.9. The first kappa shape index (κ1) is 17.4. The van der Waals surface area contributed by atoms with E-state index in [-0.39, 0.29) is 5.91 Å². The van der Waals surface area contributed by atoms with Gasteiger partial charge in [-0.1, -0.05) is 18.5 Å². The molecule has 2 aromatic rings. The average Bonchev–Trinajstić information content (AvgIpc) is 3.11. The van der Waals surface area contributed by atoms with E-state index in [9.17, 15) is 4.79 Å². The molecule has 1 amide bonds. The van der Waals surface area contributed by atoms with E-state index >= 15 is 0 Å². The fraction of sp³-hybridized carbons (Fsp3) is 0.467. The number of aromatic nitrogens is 1. The Morgan fingerprint density at radius 2 is 2.23 bits per heavy atom. The molecule has 2 heterocycles. The summed E-state index contributed by atoms with van der Waals surface area (Å²) in [6.45, 7) is 8.89. The molecule has 0 radical (unpaired) electrons. The van der Waals surface area contributed by atoms with E-state index in [0.717, 1.165) is 27.3 Å². The zero-order chi connectivity index (χ0) is 16.1. The Balaban J connectivity index is 1.89. The number of nitrogens with zero attached hydrogens (tertiary/aromatic N) is 2. The predicted octanol–water partition coefficient (Wildman–Crippen LogP) is 3.99. The van der Waals surface area contributed by atoms with Gasteiger partial charge in [0.15, 0.2) is 0 Å². The normalized spacial score (nSPS) is 11.4. The summed E-state index contributed by atoms with van der Waals surface area (Å²) in [6.07, 6.45) is 0. The van der Waals surface area contributed by atoms with Gasteiger partial charge in [-0.15, -0.1) is 22.7 Å². The number of hydrogen-bond acceptors (Lipinski definition) is 5. The molecule has 0 unspecified atom stereocenters. The van der Waals surface area contributed by atoms with Crippen LogP contribution in [0.25, 0.3) is 9.88 Å².